The van der Waals surface area contributed by atoms with Gasteiger partial charge in [-0.15, -0.1) is 0 Å². The molecule has 1 saturated carbocycles. The Morgan fingerprint density at radius 3 is 2.71 bits per heavy atom. The van der Waals surface area contributed by atoms with Crippen molar-refractivity contribution in [1.82, 2.24) is 9.97 Å². The topological polar surface area (TPSA) is 75.9 Å². The van der Waals surface area contributed by atoms with Gasteiger partial charge in [0.05, 0.1) is 0 Å². The van der Waals surface area contributed by atoms with Gasteiger partial charge in [0.25, 0.3) is 0 Å². The van der Waals surface area contributed by atoms with Crippen molar-refractivity contribution < 1.29 is 0 Å². The van der Waals surface area contributed by atoms with E-state index < -0.39 is 0 Å². The minimum absolute atomic E-state index is 0.665. The zero-order valence-corrected chi connectivity index (χ0v) is 10.5. The molecule has 4 N–H and O–H groups in total. The van der Waals surface area contributed by atoms with Gasteiger partial charge in [0.15, 0.2) is 0 Å². The lowest BCUT2D eigenvalue weighted by atomic mass is 10.1. The molecule has 0 spiro atoms. The standard InChI is InChI=1S/C12H21N5/c1-3-10-15-11(6-12(16-10)17-13)14-7-8(2)9-4-5-9/h6,8-9H,3-5,7,13H2,1-2H3,(H2,14,15,16,17). The van der Waals surface area contributed by atoms with Crippen molar-refractivity contribution >= 4 is 11.6 Å². The van der Waals surface area contributed by atoms with E-state index in [1.165, 1.54) is 12.8 Å². The number of anilines is 2. The van der Waals surface area contributed by atoms with E-state index in [4.69, 9.17) is 5.84 Å². The molecule has 1 fully saturated rings. The summed E-state index contributed by atoms with van der Waals surface area (Å²) < 4.78 is 0. The summed E-state index contributed by atoms with van der Waals surface area (Å²) in [6.07, 6.45) is 3.56. The van der Waals surface area contributed by atoms with Crippen LogP contribution in [0.5, 0.6) is 0 Å². The minimum atomic E-state index is 0.665. The van der Waals surface area contributed by atoms with Crippen LogP contribution in [0.25, 0.3) is 0 Å². The maximum atomic E-state index is 5.39. The van der Waals surface area contributed by atoms with E-state index in [9.17, 15) is 0 Å². The van der Waals surface area contributed by atoms with Crippen LogP contribution in [0.15, 0.2) is 6.07 Å². The molecule has 2 rings (SSSR count). The van der Waals surface area contributed by atoms with Crippen LogP contribution in [0.4, 0.5) is 11.6 Å². The summed E-state index contributed by atoms with van der Waals surface area (Å²) in [5, 5.41) is 3.37. The second-order valence-electron chi connectivity index (χ2n) is 4.75. The molecular formula is C12H21N5. The number of rotatable bonds is 6. The zero-order chi connectivity index (χ0) is 12.3. The molecule has 0 aliphatic heterocycles. The summed E-state index contributed by atoms with van der Waals surface area (Å²) in [5.74, 6) is 9.34. The number of nitrogens with two attached hydrogens (primary N) is 1. The molecule has 94 valence electrons. The van der Waals surface area contributed by atoms with Gasteiger partial charge < -0.3 is 10.7 Å². The van der Waals surface area contributed by atoms with Crippen LogP contribution in [0.1, 0.15) is 32.5 Å². The fourth-order valence-electron chi connectivity index (χ4n) is 1.92. The third kappa shape index (κ3) is 3.30. The quantitative estimate of drug-likeness (QED) is 0.517. The van der Waals surface area contributed by atoms with Crippen LogP contribution < -0.4 is 16.6 Å². The Bertz CT molecular complexity index is 353. The number of hydrazine groups is 1. The van der Waals surface area contributed by atoms with Crippen LogP contribution in [-0.2, 0) is 6.42 Å². The highest BCUT2D eigenvalue weighted by atomic mass is 15.3. The second-order valence-corrected chi connectivity index (χ2v) is 4.75. The summed E-state index contributed by atoms with van der Waals surface area (Å²) in [7, 11) is 0. The first-order valence-corrected chi connectivity index (χ1v) is 6.31. The molecule has 0 saturated heterocycles. The molecule has 17 heavy (non-hydrogen) atoms. The number of nitrogen functional groups attached to an aromatic ring is 1. The molecule has 1 unspecified atom stereocenters. The molecule has 1 aromatic heterocycles. The Labute approximate surface area is 102 Å². The van der Waals surface area contributed by atoms with Crippen LogP contribution in [0.2, 0.25) is 0 Å². The molecule has 5 heteroatoms. The Kier molecular flexibility index (Phi) is 3.78. The Balaban J connectivity index is 1.98. The molecule has 5 nitrogen and oxygen atoms in total. The normalized spacial score (nSPS) is 16.6. The lowest BCUT2D eigenvalue weighted by Crippen LogP contribution is -2.16. The van der Waals surface area contributed by atoms with Crippen molar-refractivity contribution in [2.75, 3.05) is 17.3 Å². The van der Waals surface area contributed by atoms with E-state index in [0.29, 0.717) is 11.7 Å². The average molecular weight is 235 g/mol. The Hall–Kier alpha value is -1.36. The summed E-state index contributed by atoms with van der Waals surface area (Å²) in [4.78, 5) is 8.69. The van der Waals surface area contributed by atoms with E-state index in [2.05, 4.69) is 27.6 Å². The molecule has 0 amide bonds. The van der Waals surface area contributed by atoms with Crippen LogP contribution >= 0.6 is 0 Å². The van der Waals surface area contributed by atoms with Crippen molar-refractivity contribution in [1.29, 1.82) is 0 Å². The van der Waals surface area contributed by atoms with Crippen LogP contribution in [-0.4, -0.2) is 16.5 Å². The first-order chi connectivity index (χ1) is 8.22. The Morgan fingerprint density at radius 2 is 2.12 bits per heavy atom. The van der Waals surface area contributed by atoms with Crippen LogP contribution in [0, 0.1) is 11.8 Å². The van der Waals surface area contributed by atoms with Crippen molar-refractivity contribution in [2.45, 2.75) is 33.1 Å². The number of hydrogen-bond donors (Lipinski definition) is 3. The van der Waals surface area contributed by atoms with E-state index in [-0.39, 0.29) is 0 Å². The van der Waals surface area contributed by atoms with Gasteiger partial charge in [-0.1, -0.05) is 13.8 Å². The number of aryl methyl sites for hydroxylation is 1. The minimum Gasteiger partial charge on any atom is -0.370 e. The predicted molar refractivity (Wildman–Crippen MR) is 69.6 cm³/mol. The predicted octanol–water partition coefficient (Wildman–Crippen LogP) is 1.78. The van der Waals surface area contributed by atoms with Gasteiger partial charge in [0, 0.05) is 19.0 Å². The summed E-state index contributed by atoms with van der Waals surface area (Å²) in [6.45, 7) is 5.29. The number of nitrogens with zero attached hydrogens (tertiary/aromatic N) is 2. The Morgan fingerprint density at radius 1 is 1.41 bits per heavy atom. The molecule has 1 heterocycles. The van der Waals surface area contributed by atoms with Gasteiger partial charge >= 0.3 is 0 Å². The summed E-state index contributed by atoms with van der Waals surface area (Å²) in [6, 6.07) is 1.85. The maximum absolute atomic E-state index is 5.39. The molecule has 0 aromatic carbocycles. The van der Waals surface area contributed by atoms with E-state index in [0.717, 1.165) is 30.5 Å². The second kappa shape index (κ2) is 5.31. The lowest BCUT2D eigenvalue weighted by Gasteiger charge is -2.13. The molecule has 0 radical (unpaired) electrons. The molecule has 1 aromatic rings. The summed E-state index contributed by atoms with van der Waals surface area (Å²) >= 11 is 0. The first kappa shape index (κ1) is 12.1. The highest BCUT2D eigenvalue weighted by Gasteiger charge is 2.27. The summed E-state index contributed by atoms with van der Waals surface area (Å²) in [5.41, 5.74) is 2.57. The largest absolute Gasteiger partial charge is 0.370 e. The lowest BCUT2D eigenvalue weighted by molar-refractivity contribution is 0.536. The first-order valence-electron chi connectivity index (χ1n) is 6.31. The van der Waals surface area contributed by atoms with Gasteiger partial charge in [0.1, 0.15) is 17.5 Å². The van der Waals surface area contributed by atoms with E-state index >= 15 is 0 Å². The van der Waals surface area contributed by atoms with Crippen molar-refractivity contribution in [3.05, 3.63) is 11.9 Å². The highest BCUT2D eigenvalue weighted by Crippen LogP contribution is 2.36. The van der Waals surface area contributed by atoms with Gasteiger partial charge in [0.2, 0.25) is 0 Å². The van der Waals surface area contributed by atoms with Gasteiger partial charge in [-0.25, -0.2) is 15.8 Å². The van der Waals surface area contributed by atoms with Crippen LogP contribution in [0.3, 0.4) is 0 Å². The number of hydrogen-bond acceptors (Lipinski definition) is 5. The monoisotopic (exact) mass is 235 g/mol. The molecular weight excluding hydrogens is 214 g/mol. The maximum Gasteiger partial charge on any atom is 0.145 e. The van der Waals surface area contributed by atoms with Gasteiger partial charge in [-0.2, -0.15) is 0 Å². The van der Waals surface area contributed by atoms with Crippen molar-refractivity contribution in [3.8, 4) is 0 Å². The SMILES string of the molecule is CCc1nc(NN)cc(NCC(C)C2CC2)n1. The third-order valence-electron chi connectivity index (χ3n) is 3.27. The van der Waals surface area contributed by atoms with Crippen molar-refractivity contribution in [2.24, 2.45) is 17.7 Å². The van der Waals surface area contributed by atoms with E-state index in [1.54, 1.807) is 0 Å². The molecule has 1 aliphatic rings. The van der Waals surface area contributed by atoms with Gasteiger partial charge in [-0.3, -0.25) is 0 Å². The third-order valence-corrected chi connectivity index (χ3v) is 3.27. The number of nitrogens with one attached hydrogen (secondary N) is 2. The zero-order valence-electron chi connectivity index (χ0n) is 10.5. The van der Waals surface area contributed by atoms with Crippen molar-refractivity contribution in [3.63, 3.8) is 0 Å². The van der Waals surface area contributed by atoms with E-state index in [1.807, 2.05) is 13.0 Å². The average Bonchev–Trinajstić information content (AvgIpc) is 3.19. The van der Waals surface area contributed by atoms with Gasteiger partial charge in [-0.05, 0) is 24.7 Å². The molecule has 1 atom stereocenters. The smallest absolute Gasteiger partial charge is 0.145 e. The fourth-order valence-corrected chi connectivity index (χ4v) is 1.92. The number of aromatic nitrogens is 2. The molecule has 0 bridgehead atoms. The molecule has 1 aliphatic carbocycles. The highest BCUT2D eigenvalue weighted by molar-refractivity contribution is 5.46. The fraction of sp³-hybridized carbons (Fsp3) is 0.667.